The van der Waals surface area contributed by atoms with Crippen LogP contribution in [0.15, 0.2) is 18.2 Å². The van der Waals surface area contributed by atoms with E-state index >= 15 is 0 Å². The van der Waals surface area contributed by atoms with Gasteiger partial charge in [0.05, 0.1) is 24.7 Å². The van der Waals surface area contributed by atoms with Crippen molar-refractivity contribution < 1.29 is 9.53 Å². The monoisotopic (exact) mass is 281 g/mol. The summed E-state index contributed by atoms with van der Waals surface area (Å²) in [5.41, 5.74) is 2.36. The molecule has 1 aromatic rings. The molecule has 1 rings (SSSR count). The van der Waals surface area contributed by atoms with E-state index in [1.165, 1.54) is 0 Å². The number of hydrogen-bond donors (Lipinski definition) is 0. The molecule has 0 radical (unpaired) electrons. The molecule has 0 aromatic heterocycles. The molecule has 0 aliphatic heterocycles. The Bertz CT molecular complexity index is 424. The summed E-state index contributed by atoms with van der Waals surface area (Å²) in [5, 5.41) is 9.50. The highest BCUT2D eigenvalue weighted by Gasteiger charge is 2.06. The third-order valence-electron chi connectivity index (χ3n) is 1.99. The second kappa shape index (κ2) is 6.29. The first-order valence-electron chi connectivity index (χ1n) is 4.94. The van der Waals surface area contributed by atoms with Gasteiger partial charge >= 0.3 is 5.97 Å². The second-order valence-electron chi connectivity index (χ2n) is 3.27. The van der Waals surface area contributed by atoms with Crippen LogP contribution in [0.4, 0.5) is 0 Å². The predicted molar refractivity (Wildman–Crippen MR) is 64.1 cm³/mol. The van der Waals surface area contributed by atoms with Crippen molar-refractivity contribution in [3.05, 3.63) is 34.9 Å². The van der Waals surface area contributed by atoms with E-state index in [-0.39, 0.29) is 12.4 Å². The highest BCUT2D eigenvalue weighted by Crippen LogP contribution is 2.13. The molecule has 0 saturated carbocycles. The van der Waals surface area contributed by atoms with Gasteiger partial charge in [-0.15, -0.1) is 0 Å². The topological polar surface area (TPSA) is 50.1 Å². The third kappa shape index (κ3) is 3.67. The number of ether oxygens (including phenoxy) is 1. The Balaban J connectivity index is 2.87. The maximum absolute atomic E-state index is 11.3. The average Bonchev–Trinajstić information content (AvgIpc) is 2.28. The standard InChI is InChI=1S/C12H12BrNO2/c1-2-16-12(15)6-9-3-10(7-13)5-11(4-9)8-14/h3-5H,2,6-7H2,1H3. The Kier molecular flexibility index (Phi) is 5.00. The highest BCUT2D eigenvalue weighted by atomic mass is 79.9. The number of carbonyl (C=O) groups excluding carboxylic acids is 1. The van der Waals surface area contributed by atoms with Crippen molar-refractivity contribution in [1.29, 1.82) is 5.26 Å². The van der Waals surface area contributed by atoms with Crippen molar-refractivity contribution in [1.82, 2.24) is 0 Å². The minimum absolute atomic E-state index is 0.212. The predicted octanol–water partition coefficient (Wildman–Crippen LogP) is 2.56. The zero-order valence-corrected chi connectivity index (χ0v) is 10.6. The van der Waals surface area contributed by atoms with Crippen LogP contribution in [0.1, 0.15) is 23.6 Å². The van der Waals surface area contributed by atoms with Crippen LogP contribution in [-0.2, 0) is 21.3 Å². The van der Waals surface area contributed by atoms with Crippen molar-refractivity contribution in [2.75, 3.05) is 6.61 Å². The summed E-state index contributed by atoms with van der Waals surface area (Å²) in [6.07, 6.45) is 0.212. The molecule has 0 amide bonds. The smallest absolute Gasteiger partial charge is 0.310 e. The molecule has 0 aliphatic rings. The summed E-state index contributed by atoms with van der Waals surface area (Å²) in [5.74, 6) is -0.266. The van der Waals surface area contributed by atoms with Gasteiger partial charge in [0.1, 0.15) is 0 Å². The summed E-state index contributed by atoms with van der Waals surface area (Å²) < 4.78 is 4.86. The largest absolute Gasteiger partial charge is 0.466 e. The van der Waals surface area contributed by atoms with Gasteiger partial charge in [-0.1, -0.05) is 22.0 Å². The highest BCUT2D eigenvalue weighted by molar-refractivity contribution is 9.08. The molecule has 4 heteroatoms. The number of benzene rings is 1. The number of hydrogen-bond acceptors (Lipinski definition) is 3. The van der Waals surface area contributed by atoms with E-state index in [0.29, 0.717) is 17.5 Å². The summed E-state index contributed by atoms with van der Waals surface area (Å²) in [6.45, 7) is 2.15. The number of rotatable bonds is 4. The first-order chi connectivity index (χ1) is 7.69. The molecule has 0 bridgehead atoms. The molecule has 0 heterocycles. The van der Waals surface area contributed by atoms with Gasteiger partial charge in [0.2, 0.25) is 0 Å². The van der Waals surface area contributed by atoms with Crippen LogP contribution < -0.4 is 0 Å². The molecule has 0 N–H and O–H groups in total. The Morgan fingerprint density at radius 2 is 2.12 bits per heavy atom. The SMILES string of the molecule is CCOC(=O)Cc1cc(C#N)cc(CBr)c1. The third-order valence-corrected chi connectivity index (χ3v) is 2.64. The number of nitriles is 1. The van der Waals surface area contributed by atoms with E-state index in [4.69, 9.17) is 10.00 Å². The number of esters is 1. The summed E-state index contributed by atoms with van der Waals surface area (Å²) >= 11 is 3.33. The number of alkyl halides is 1. The van der Waals surface area contributed by atoms with Gasteiger partial charge in [-0.3, -0.25) is 4.79 Å². The quantitative estimate of drug-likeness (QED) is 0.630. The number of nitrogens with zero attached hydrogens (tertiary/aromatic N) is 1. The zero-order valence-electron chi connectivity index (χ0n) is 9.00. The van der Waals surface area contributed by atoms with Crippen molar-refractivity contribution >= 4 is 21.9 Å². The van der Waals surface area contributed by atoms with Crippen LogP contribution in [0.3, 0.4) is 0 Å². The van der Waals surface area contributed by atoms with E-state index in [9.17, 15) is 4.79 Å². The number of carbonyl (C=O) groups is 1. The molecule has 16 heavy (non-hydrogen) atoms. The maximum Gasteiger partial charge on any atom is 0.310 e. The number of halogens is 1. The van der Waals surface area contributed by atoms with Gasteiger partial charge in [0.15, 0.2) is 0 Å². The van der Waals surface area contributed by atoms with Gasteiger partial charge < -0.3 is 4.74 Å². The van der Waals surface area contributed by atoms with Crippen LogP contribution in [0.25, 0.3) is 0 Å². The Morgan fingerprint density at radius 3 is 2.69 bits per heavy atom. The van der Waals surface area contributed by atoms with E-state index in [1.807, 2.05) is 6.07 Å². The first-order valence-corrected chi connectivity index (χ1v) is 6.06. The lowest BCUT2D eigenvalue weighted by Crippen LogP contribution is -2.07. The lowest BCUT2D eigenvalue weighted by molar-refractivity contribution is -0.142. The van der Waals surface area contributed by atoms with Gasteiger partial charge in [0, 0.05) is 5.33 Å². The Hall–Kier alpha value is -1.34. The lowest BCUT2D eigenvalue weighted by atomic mass is 10.1. The van der Waals surface area contributed by atoms with Gasteiger partial charge in [-0.2, -0.15) is 5.26 Å². The molecular formula is C12H12BrNO2. The molecule has 3 nitrogen and oxygen atoms in total. The fraction of sp³-hybridized carbons (Fsp3) is 0.333. The van der Waals surface area contributed by atoms with Crippen LogP contribution in [-0.4, -0.2) is 12.6 Å². The normalized spacial score (nSPS) is 9.56. The lowest BCUT2D eigenvalue weighted by Gasteiger charge is -2.04. The Morgan fingerprint density at radius 1 is 1.44 bits per heavy atom. The average molecular weight is 282 g/mol. The molecule has 0 fully saturated rings. The van der Waals surface area contributed by atoms with Crippen molar-refractivity contribution in [2.24, 2.45) is 0 Å². The van der Waals surface area contributed by atoms with E-state index in [0.717, 1.165) is 11.1 Å². The molecule has 0 atom stereocenters. The Labute approximate surface area is 103 Å². The van der Waals surface area contributed by atoms with E-state index in [2.05, 4.69) is 22.0 Å². The molecule has 1 aromatic carbocycles. The maximum atomic E-state index is 11.3. The van der Waals surface area contributed by atoms with Gasteiger partial charge in [-0.05, 0) is 30.2 Å². The fourth-order valence-electron chi connectivity index (χ4n) is 1.39. The minimum Gasteiger partial charge on any atom is -0.466 e. The molecule has 0 unspecified atom stereocenters. The van der Waals surface area contributed by atoms with Gasteiger partial charge in [0.25, 0.3) is 0 Å². The van der Waals surface area contributed by atoms with Crippen LogP contribution in [0, 0.1) is 11.3 Å². The van der Waals surface area contributed by atoms with Crippen molar-refractivity contribution in [2.45, 2.75) is 18.7 Å². The molecular weight excluding hydrogens is 270 g/mol. The fourth-order valence-corrected chi connectivity index (χ4v) is 1.71. The van der Waals surface area contributed by atoms with Crippen molar-refractivity contribution in [3.63, 3.8) is 0 Å². The van der Waals surface area contributed by atoms with E-state index < -0.39 is 0 Å². The summed E-state index contributed by atoms with van der Waals surface area (Å²) in [7, 11) is 0. The molecule has 0 aliphatic carbocycles. The molecule has 0 saturated heterocycles. The van der Waals surface area contributed by atoms with Crippen LogP contribution in [0.5, 0.6) is 0 Å². The van der Waals surface area contributed by atoms with Gasteiger partial charge in [-0.25, -0.2) is 0 Å². The summed E-state index contributed by atoms with van der Waals surface area (Å²) in [4.78, 5) is 11.3. The minimum atomic E-state index is -0.266. The molecule has 0 spiro atoms. The van der Waals surface area contributed by atoms with Crippen molar-refractivity contribution in [3.8, 4) is 6.07 Å². The molecule has 84 valence electrons. The summed E-state index contributed by atoms with van der Waals surface area (Å²) in [6, 6.07) is 7.48. The second-order valence-corrected chi connectivity index (χ2v) is 3.83. The first kappa shape index (κ1) is 12.7. The van der Waals surface area contributed by atoms with E-state index in [1.54, 1.807) is 19.1 Å². The van der Waals surface area contributed by atoms with Crippen LogP contribution >= 0.6 is 15.9 Å². The van der Waals surface area contributed by atoms with Crippen LogP contribution in [0.2, 0.25) is 0 Å². The zero-order chi connectivity index (χ0) is 12.0.